The molecular weight excluding hydrogens is 314 g/mol. The van der Waals surface area contributed by atoms with Gasteiger partial charge in [-0.2, -0.15) is 5.10 Å². The highest BCUT2D eigenvalue weighted by atomic mass is 35.5. The number of aromatic nitrogens is 2. The molecule has 1 saturated heterocycles. The Kier molecular flexibility index (Phi) is 4.67. The predicted molar refractivity (Wildman–Crippen MR) is 82.6 cm³/mol. The quantitative estimate of drug-likeness (QED) is 0.908. The number of alkyl halides is 2. The van der Waals surface area contributed by atoms with Crippen molar-refractivity contribution in [1.82, 2.24) is 15.1 Å². The number of hydrogen-bond donors (Lipinski definition) is 2. The fourth-order valence-corrected chi connectivity index (χ4v) is 2.53. The van der Waals surface area contributed by atoms with E-state index < -0.39 is 30.8 Å². The summed E-state index contributed by atoms with van der Waals surface area (Å²) in [6.45, 7) is 2.24. The third-order valence-corrected chi connectivity index (χ3v) is 3.64. The molecule has 0 bridgehead atoms. The maximum absolute atomic E-state index is 13.1. The minimum Gasteiger partial charge on any atom is -0.325 e. The van der Waals surface area contributed by atoms with E-state index in [9.17, 15) is 13.6 Å². The van der Waals surface area contributed by atoms with Crippen LogP contribution in [0, 0.1) is 0 Å². The zero-order valence-electron chi connectivity index (χ0n) is 12.0. The molecule has 0 spiro atoms. The topological polar surface area (TPSA) is 59.0 Å². The summed E-state index contributed by atoms with van der Waals surface area (Å²) in [7, 11) is 0. The van der Waals surface area contributed by atoms with Gasteiger partial charge in [0.2, 0.25) is 5.91 Å². The summed E-state index contributed by atoms with van der Waals surface area (Å²) in [6.07, 6.45) is 1.29. The van der Waals surface area contributed by atoms with Crippen LogP contribution in [0.3, 0.4) is 0 Å². The van der Waals surface area contributed by atoms with E-state index >= 15 is 0 Å². The van der Waals surface area contributed by atoms with Crippen molar-refractivity contribution >= 4 is 34.9 Å². The van der Waals surface area contributed by atoms with Crippen molar-refractivity contribution in [2.75, 3.05) is 11.9 Å². The second kappa shape index (κ2) is 6.18. The SMILES string of the molecule is CCn1ncc2ccc(NC(=O)C3CC(F)(F)CN3)cc21.Cl. The van der Waals surface area contributed by atoms with E-state index in [1.807, 2.05) is 17.7 Å². The van der Waals surface area contributed by atoms with Crippen molar-refractivity contribution < 1.29 is 13.6 Å². The highest BCUT2D eigenvalue weighted by molar-refractivity contribution is 5.97. The van der Waals surface area contributed by atoms with Crippen LogP contribution in [0.2, 0.25) is 0 Å². The summed E-state index contributed by atoms with van der Waals surface area (Å²) >= 11 is 0. The lowest BCUT2D eigenvalue weighted by Gasteiger charge is -2.11. The smallest absolute Gasteiger partial charge is 0.262 e. The fraction of sp³-hybridized carbons (Fsp3) is 0.429. The Bertz CT molecular complexity index is 689. The maximum atomic E-state index is 13.1. The van der Waals surface area contributed by atoms with E-state index in [0.29, 0.717) is 5.69 Å². The van der Waals surface area contributed by atoms with Crippen molar-refractivity contribution in [1.29, 1.82) is 0 Å². The van der Waals surface area contributed by atoms with Crippen LogP contribution in [-0.2, 0) is 11.3 Å². The Morgan fingerprint density at radius 2 is 2.32 bits per heavy atom. The molecule has 3 rings (SSSR count). The Balaban J connectivity index is 0.00000176. The molecule has 1 atom stereocenters. The Morgan fingerprint density at radius 1 is 1.55 bits per heavy atom. The lowest BCUT2D eigenvalue weighted by molar-refractivity contribution is -0.118. The van der Waals surface area contributed by atoms with Crippen LogP contribution >= 0.6 is 12.4 Å². The van der Waals surface area contributed by atoms with E-state index in [1.165, 1.54) is 0 Å². The summed E-state index contributed by atoms with van der Waals surface area (Å²) in [4.78, 5) is 12.0. The molecule has 22 heavy (non-hydrogen) atoms. The summed E-state index contributed by atoms with van der Waals surface area (Å²) < 4.78 is 28.0. The van der Waals surface area contributed by atoms with Gasteiger partial charge in [0.25, 0.3) is 5.92 Å². The minimum atomic E-state index is -2.81. The molecule has 1 aromatic heterocycles. The van der Waals surface area contributed by atoms with Crippen LogP contribution in [0.1, 0.15) is 13.3 Å². The largest absolute Gasteiger partial charge is 0.325 e. The normalized spacial score (nSPS) is 19.9. The second-order valence-electron chi connectivity index (χ2n) is 5.22. The molecule has 2 aromatic rings. The van der Waals surface area contributed by atoms with Crippen LogP contribution in [0.4, 0.5) is 14.5 Å². The van der Waals surface area contributed by atoms with Gasteiger partial charge in [0.05, 0.1) is 24.3 Å². The van der Waals surface area contributed by atoms with Crippen molar-refractivity contribution in [3.63, 3.8) is 0 Å². The average molecular weight is 331 g/mol. The molecule has 1 aliphatic heterocycles. The van der Waals surface area contributed by atoms with Crippen LogP contribution in [0.5, 0.6) is 0 Å². The van der Waals surface area contributed by atoms with Crippen molar-refractivity contribution in [2.24, 2.45) is 0 Å². The lowest BCUT2D eigenvalue weighted by atomic mass is 10.1. The molecule has 0 saturated carbocycles. The van der Waals surface area contributed by atoms with E-state index in [1.54, 1.807) is 18.3 Å². The third kappa shape index (κ3) is 3.20. The van der Waals surface area contributed by atoms with Gasteiger partial charge in [-0.3, -0.25) is 14.8 Å². The summed E-state index contributed by atoms with van der Waals surface area (Å²) in [5, 5.41) is 10.4. The Morgan fingerprint density at radius 3 is 2.95 bits per heavy atom. The van der Waals surface area contributed by atoms with Gasteiger partial charge in [-0.05, 0) is 25.1 Å². The second-order valence-corrected chi connectivity index (χ2v) is 5.22. The average Bonchev–Trinajstić information content (AvgIpc) is 3.01. The number of aryl methyl sites for hydroxylation is 1. The summed E-state index contributed by atoms with van der Waals surface area (Å²) in [5.41, 5.74) is 1.49. The van der Waals surface area contributed by atoms with Crippen molar-refractivity contribution in [3.05, 3.63) is 24.4 Å². The molecule has 1 amide bonds. The van der Waals surface area contributed by atoms with Crippen molar-refractivity contribution in [2.45, 2.75) is 31.9 Å². The number of anilines is 1. The molecule has 1 aromatic carbocycles. The molecule has 1 fully saturated rings. The first-order valence-electron chi connectivity index (χ1n) is 6.86. The van der Waals surface area contributed by atoms with Gasteiger partial charge in [-0.1, -0.05) is 0 Å². The van der Waals surface area contributed by atoms with Gasteiger partial charge < -0.3 is 5.32 Å². The van der Waals surface area contributed by atoms with Crippen LogP contribution in [0.25, 0.3) is 10.9 Å². The number of hydrogen-bond acceptors (Lipinski definition) is 3. The first-order chi connectivity index (χ1) is 9.98. The highest BCUT2D eigenvalue weighted by Crippen LogP contribution is 2.26. The maximum Gasteiger partial charge on any atom is 0.262 e. The highest BCUT2D eigenvalue weighted by Gasteiger charge is 2.42. The molecule has 2 N–H and O–H groups in total. The molecule has 0 radical (unpaired) electrons. The van der Waals surface area contributed by atoms with Gasteiger partial charge in [-0.15, -0.1) is 12.4 Å². The number of carbonyl (C=O) groups is 1. The minimum absolute atomic E-state index is 0. The number of amides is 1. The molecule has 2 heterocycles. The van der Waals surface area contributed by atoms with Crippen LogP contribution in [-0.4, -0.2) is 34.2 Å². The number of fused-ring (bicyclic) bond motifs is 1. The first-order valence-corrected chi connectivity index (χ1v) is 6.86. The monoisotopic (exact) mass is 330 g/mol. The number of nitrogens with zero attached hydrogens (tertiary/aromatic N) is 2. The zero-order valence-corrected chi connectivity index (χ0v) is 12.8. The summed E-state index contributed by atoms with van der Waals surface area (Å²) in [5.74, 6) is -3.25. The predicted octanol–water partition coefficient (Wildman–Crippen LogP) is 2.41. The van der Waals surface area contributed by atoms with Gasteiger partial charge in [0.1, 0.15) is 0 Å². The molecule has 5 nitrogen and oxygen atoms in total. The van der Waals surface area contributed by atoms with E-state index in [-0.39, 0.29) is 12.4 Å². The molecule has 1 unspecified atom stereocenters. The summed E-state index contributed by atoms with van der Waals surface area (Å²) in [6, 6.07) is 4.54. The van der Waals surface area contributed by atoms with Gasteiger partial charge in [0, 0.05) is 24.0 Å². The van der Waals surface area contributed by atoms with Gasteiger partial charge in [0.15, 0.2) is 0 Å². The van der Waals surface area contributed by atoms with Gasteiger partial charge in [-0.25, -0.2) is 8.78 Å². The van der Waals surface area contributed by atoms with E-state index in [2.05, 4.69) is 15.7 Å². The van der Waals surface area contributed by atoms with E-state index in [4.69, 9.17) is 0 Å². The molecule has 1 aliphatic rings. The van der Waals surface area contributed by atoms with Crippen molar-refractivity contribution in [3.8, 4) is 0 Å². The fourth-order valence-electron chi connectivity index (χ4n) is 2.53. The standard InChI is InChI=1S/C14H16F2N4O.ClH/c1-2-20-12-5-10(4-3-9(12)7-18-20)19-13(21)11-6-14(15,16)8-17-11;/h3-5,7,11,17H,2,6,8H2,1H3,(H,19,21);1H. The number of carbonyl (C=O) groups excluding carboxylic acids is 1. The number of halogens is 3. The molecule has 0 aliphatic carbocycles. The Labute approximate surface area is 132 Å². The molecular formula is C14H17ClF2N4O. The number of rotatable bonds is 3. The lowest BCUT2D eigenvalue weighted by Crippen LogP contribution is -2.35. The van der Waals surface area contributed by atoms with Crippen LogP contribution in [0.15, 0.2) is 24.4 Å². The molecule has 120 valence electrons. The third-order valence-electron chi connectivity index (χ3n) is 3.64. The number of benzene rings is 1. The van der Waals surface area contributed by atoms with E-state index in [0.717, 1.165) is 17.4 Å². The number of nitrogens with one attached hydrogen (secondary N) is 2. The first kappa shape index (κ1) is 16.6. The van der Waals surface area contributed by atoms with Crippen LogP contribution < -0.4 is 10.6 Å². The molecule has 8 heteroatoms. The zero-order chi connectivity index (χ0) is 15.0. The Hall–Kier alpha value is -1.73. The van der Waals surface area contributed by atoms with Gasteiger partial charge >= 0.3 is 0 Å².